The number of hydrogen-bond donors (Lipinski definition) is 1. The Morgan fingerprint density at radius 1 is 1.04 bits per heavy atom. The summed E-state index contributed by atoms with van der Waals surface area (Å²) in [6.07, 6.45) is 2.70. The van der Waals surface area contributed by atoms with Gasteiger partial charge in [0.1, 0.15) is 0 Å². The Hall–Kier alpha value is -2.13. The first-order valence-electron chi connectivity index (χ1n) is 8.30. The monoisotopic (exact) mass is 309 g/mol. The predicted octanol–water partition coefficient (Wildman–Crippen LogP) is 2.93. The van der Waals surface area contributed by atoms with E-state index in [1.54, 1.807) is 0 Å². The first-order valence-corrected chi connectivity index (χ1v) is 8.30. The van der Waals surface area contributed by atoms with Gasteiger partial charge in [0.05, 0.1) is 0 Å². The van der Waals surface area contributed by atoms with Gasteiger partial charge in [0, 0.05) is 31.2 Å². The highest BCUT2D eigenvalue weighted by molar-refractivity contribution is 5.95. The molecule has 23 heavy (non-hydrogen) atoms. The second-order valence-electron chi connectivity index (χ2n) is 6.23. The Labute approximate surface area is 137 Å². The first-order chi connectivity index (χ1) is 11.3. The second kappa shape index (κ2) is 7.42. The molecule has 1 unspecified atom stereocenters. The molecule has 1 heterocycles. The third-order valence-corrected chi connectivity index (χ3v) is 4.60. The number of aliphatic hydroxyl groups is 1. The van der Waals surface area contributed by atoms with Crippen LogP contribution in [-0.2, 0) is 12.8 Å². The quantitative estimate of drug-likeness (QED) is 0.922. The van der Waals surface area contributed by atoms with E-state index >= 15 is 0 Å². The minimum atomic E-state index is 0.101. The van der Waals surface area contributed by atoms with E-state index in [0.717, 1.165) is 36.9 Å². The molecule has 120 valence electrons. The molecule has 1 N–H and O–H groups in total. The van der Waals surface area contributed by atoms with Gasteiger partial charge < -0.3 is 10.0 Å². The van der Waals surface area contributed by atoms with Crippen LogP contribution in [0, 0.1) is 5.92 Å². The van der Waals surface area contributed by atoms with Gasteiger partial charge in [0.2, 0.25) is 0 Å². The molecule has 1 aliphatic rings. The SMILES string of the molecule is O=C(c1ccccc1CCc1ccccc1)N1CCC(CO)C1. The highest BCUT2D eigenvalue weighted by atomic mass is 16.3. The zero-order valence-electron chi connectivity index (χ0n) is 13.3. The Morgan fingerprint density at radius 3 is 2.52 bits per heavy atom. The Morgan fingerprint density at radius 2 is 1.78 bits per heavy atom. The van der Waals surface area contributed by atoms with Gasteiger partial charge in [-0.2, -0.15) is 0 Å². The number of nitrogens with zero attached hydrogens (tertiary/aromatic N) is 1. The van der Waals surface area contributed by atoms with E-state index in [9.17, 15) is 9.90 Å². The first kappa shape index (κ1) is 15.8. The summed E-state index contributed by atoms with van der Waals surface area (Å²) >= 11 is 0. The Bertz CT molecular complexity index is 654. The van der Waals surface area contributed by atoms with Crippen LogP contribution < -0.4 is 0 Å². The van der Waals surface area contributed by atoms with Crippen LogP contribution in [0.25, 0.3) is 0 Å². The molecule has 1 atom stereocenters. The summed E-state index contributed by atoms with van der Waals surface area (Å²) in [6.45, 7) is 1.58. The molecular formula is C20H23NO2. The van der Waals surface area contributed by atoms with E-state index < -0.39 is 0 Å². The summed E-state index contributed by atoms with van der Waals surface area (Å²) in [4.78, 5) is 14.7. The van der Waals surface area contributed by atoms with Crippen molar-refractivity contribution in [2.24, 2.45) is 5.92 Å². The lowest BCUT2D eigenvalue weighted by molar-refractivity contribution is 0.0781. The summed E-state index contributed by atoms with van der Waals surface area (Å²) in [6, 6.07) is 18.3. The van der Waals surface area contributed by atoms with Crippen LogP contribution in [0.15, 0.2) is 54.6 Å². The van der Waals surface area contributed by atoms with Crippen LogP contribution in [0.2, 0.25) is 0 Å². The molecule has 0 bridgehead atoms. The summed E-state index contributed by atoms with van der Waals surface area (Å²) in [5.74, 6) is 0.333. The van der Waals surface area contributed by atoms with Crippen LogP contribution in [-0.4, -0.2) is 35.6 Å². The van der Waals surface area contributed by atoms with Crippen LogP contribution in [0.3, 0.4) is 0 Å². The maximum absolute atomic E-state index is 12.8. The highest BCUT2D eigenvalue weighted by Gasteiger charge is 2.27. The van der Waals surface area contributed by atoms with Gasteiger partial charge in [-0.25, -0.2) is 0 Å². The van der Waals surface area contributed by atoms with Crippen molar-refractivity contribution in [2.45, 2.75) is 19.3 Å². The fraction of sp³-hybridized carbons (Fsp3) is 0.350. The molecular weight excluding hydrogens is 286 g/mol. The number of benzene rings is 2. The van der Waals surface area contributed by atoms with E-state index in [0.29, 0.717) is 6.54 Å². The van der Waals surface area contributed by atoms with Gasteiger partial charge in [0.25, 0.3) is 5.91 Å². The molecule has 2 aromatic rings. The molecule has 1 amide bonds. The molecule has 0 saturated carbocycles. The molecule has 0 aromatic heterocycles. The van der Waals surface area contributed by atoms with Crippen molar-refractivity contribution >= 4 is 5.91 Å². The number of carbonyl (C=O) groups is 1. The van der Waals surface area contributed by atoms with Gasteiger partial charge in [-0.05, 0) is 36.5 Å². The Kier molecular flexibility index (Phi) is 5.09. The predicted molar refractivity (Wildman–Crippen MR) is 91.4 cm³/mol. The zero-order valence-corrected chi connectivity index (χ0v) is 13.3. The molecule has 3 rings (SSSR count). The largest absolute Gasteiger partial charge is 0.396 e. The minimum Gasteiger partial charge on any atom is -0.396 e. The van der Waals surface area contributed by atoms with Crippen molar-refractivity contribution < 1.29 is 9.90 Å². The van der Waals surface area contributed by atoms with Gasteiger partial charge in [-0.15, -0.1) is 0 Å². The van der Waals surface area contributed by atoms with Crippen LogP contribution in [0.4, 0.5) is 0 Å². The fourth-order valence-electron chi connectivity index (χ4n) is 3.21. The number of aryl methyl sites for hydroxylation is 2. The van der Waals surface area contributed by atoms with Gasteiger partial charge >= 0.3 is 0 Å². The van der Waals surface area contributed by atoms with Gasteiger partial charge in [0.15, 0.2) is 0 Å². The van der Waals surface area contributed by atoms with Crippen molar-refractivity contribution in [3.63, 3.8) is 0 Å². The standard InChI is InChI=1S/C20H23NO2/c22-15-17-12-13-21(14-17)20(23)19-9-5-4-8-18(19)11-10-16-6-2-1-3-7-16/h1-9,17,22H,10-15H2. The molecule has 2 aromatic carbocycles. The number of amides is 1. The van der Waals surface area contributed by atoms with E-state index in [4.69, 9.17) is 0 Å². The van der Waals surface area contributed by atoms with Crippen molar-refractivity contribution in [2.75, 3.05) is 19.7 Å². The molecule has 3 nitrogen and oxygen atoms in total. The maximum atomic E-state index is 12.8. The van der Waals surface area contributed by atoms with Crippen LogP contribution >= 0.6 is 0 Å². The van der Waals surface area contributed by atoms with E-state index in [1.807, 2.05) is 41.3 Å². The second-order valence-corrected chi connectivity index (χ2v) is 6.23. The molecule has 1 aliphatic heterocycles. The van der Waals surface area contributed by atoms with Crippen molar-refractivity contribution in [1.29, 1.82) is 0 Å². The Balaban J connectivity index is 1.71. The normalized spacial score (nSPS) is 17.4. The highest BCUT2D eigenvalue weighted by Crippen LogP contribution is 2.21. The van der Waals surface area contributed by atoms with Crippen molar-refractivity contribution in [1.82, 2.24) is 4.90 Å². The third kappa shape index (κ3) is 3.80. The summed E-state index contributed by atoms with van der Waals surface area (Å²) < 4.78 is 0. The van der Waals surface area contributed by atoms with E-state index in [-0.39, 0.29) is 18.4 Å². The maximum Gasteiger partial charge on any atom is 0.254 e. The fourth-order valence-corrected chi connectivity index (χ4v) is 3.21. The smallest absolute Gasteiger partial charge is 0.254 e. The summed E-state index contributed by atoms with van der Waals surface area (Å²) in [5, 5.41) is 9.26. The van der Waals surface area contributed by atoms with E-state index in [2.05, 4.69) is 18.2 Å². The lowest BCUT2D eigenvalue weighted by Gasteiger charge is -2.18. The molecule has 0 radical (unpaired) electrons. The molecule has 0 aliphatic carbocycles. The number of carbonyl (C=O) groups excluding carboxylic acids is 1. The van der Waals surface area contributed by atoms with Crippen LogP contribution in [0.5, 0.6) is 0 Å². The lowest BCUT2D eigenvalue weighted by Crippen LogP contribution is -2.30. The zero-order chi connectivity index (χ0) is 16.1. The summed E-state index contributed by atoms with van der Waals surface area (Å²) in [5.41, 5.74) is 3.20. The topological polar surface area (TPSA) is 40.5 Å². The minimum absolute atomic E-state index is 0.101. The number of likely N-dealkylation sites (tertiary alicyclic amines) is 1. The van der Waals surface area contributed by atoms with Crippen molar-refractivity contribution in [3.05, 3.63) is 71.3 Å². The average Bonchev–Trinajstić information content (AvgIpc) is 3.10. The molecule has 0 spiro atoms. The summed E-state index contributed by atoms with van der Waals surface area (Å²) in [7, 11) is 0. The molecule has 1 saturated heterocycles. The van der Waals surface area contributed by atoms with Crippen LogP contribution in [0.1, 0.15) is 27.9 Å². The number of hydrogen-bond acceptors (Lipinski definition) is 2. The van der Waals surface area contributed by atoms with E-state index in [1.165, 1.54) is 5.56 Å². The lowest BCUT2D eigenvalue weighted by atomic mass is 9.99. The molecule has 1 fully saturated rings. The molecule has 3 heteroatoms. The number of aliphatic hydroxyl groups excluding tert-OH is 1. The van der Waals surface area contributed by atoms with Gasteiger partial charge in [-0.1, -0.05) is 48.5 Å². The van der Waals surface area contributed by atoms with Gasteiger partial charge in [-0.3, -0.25) is 4.79 Å². The number of rotatable bonds is 5. The average molecular weight is 309 g/mol. The third-order valence-electron chi connectivity index (χ3n) is 4.60. The van der Waals surface area contributed by atoms with Crippen molar-refractivity contribution in [3.8, 4) is 0 Å².